The molecule has 3 rings (SSSR count). The molecule has 3 fully saturated rings. The van der Waals surface area contributed by atoms with E-state index in [1.54, 1.807) is 0 Å². The largest absolute Gasteiger partial charge is 0.348 e. The molecule has 0 spiro atoms. The minimum atomic E-state index is -0.555. The zero-order chi connectivity index (χ0) is 13.1. The molecule has 5 heteroatoms. The lowest BCUT2D eigenvalue weighted by molar-refractivity contribution is -0.226. The van der Waals surface area contributed by atoms with Gasteiger partial charge in [-0.25, -0.2) is 0 Å². The van der Waals surface area contributed by atoms with Crippen LogP contribution in [0, 0.1) is 5.92 Å². The van der Waals surface area contributed by atoms with Crippen LogP contribution in [0.2, 0.25) is 0 Å². The Morgan fingerprint density at radius 2 is 1.61 bits per heavy atom. The summed E-state index contributed by atoms with van der Waals surface area (Å²) in [5.74, 6) is -0.841. The van der Waals surface area contributed by atoms with Crippen molar-refractivity contribution >= 4 is 0 Å². The molecule has 0 aromatic carbocycles. The summed E-state index contributed by atoms with van der Waals surface area (Å²) < 4.78 is 29.0. The highest BCUT2D eigenvalue weighted by molar-refractivity contribution is 4.95. The fraction of sp³-hybridized carbons (Fsp3) is 1.00. The standard InChI is InChI=1S/C13H22O5/c1-7-9(8-6-14-12(2,3)16-8)15-11-10(7)17-13(4,5)18-11/h7-11H,6H2,1-5H3/t7-,8?,9+,10?,11?/m1/s1. The molecular formula is C13H22O5. The van der Waals surface area contributed by atoms with E-state index in [1.807, 2.05) is 27.7 Å². The smallest absolute Gasteiger partial charge is 0.187 e. The third-order valence-electron chi connectivity index (χ3n) is 3.81. The van der Waals surface area contributed by atoms with E-state index < -0.39 is 11.6 Å². The van der Waals surface area contributed by atoms with Crippen molar-refractivity contribution < 1.29 is 23.7 Å². The molecule has 3 saturated heterocycles. The molecule has 0 aromatic rings. The van der Waals surface area contributed by atoms with Crippen LogP contribution >= 0.6 is 0 Å². The molecule has 0 aliphatic carbocycles. The highest BCUT2D eigenvalue weighted by Crippen LogP contribution is 2.43. The summed E-state index contributed by atoms with van der Waals surface area (Å²) in [6.45, 7) is 10.3. The number of ether oxygens (including phenoxy) is 5. The first-order valence-corrected chi connectivity index (χ1v) is 6.60. The molecule has 18 heavy (non-hydrogen) atoms. The second-order valence-corrected chi connectivity index (χ2v) is 6.30. The Labute approximate surface area is 108 Å². The van der Waals surface area contributed by atoms with Crippen LogP contribution in [0.1, 0.15) is 34.6 Å². The first kappa shape index (κ1) is 12.8. The van der Waals surface area contributed by atoms with Crippen LogP contribution in [-0.4, -0.2) is 42.8 Å². The molecule has 5 atom stereocenters. The summed E-state index contributed by atoms with van der Waals surface area (Å²) in [6, 6.07) is 0. The molecule has 3 heterocycles. The average molecular weight is 258 g/mol. The third kappa shape index (κ3) is 2.08. The molecule has 0 radical (unpaired) electrons. The van der Waals surface area contributed by atoms with Crippen molar-refractivity contribution in [2.24, 2.45) is 5.92 Å². The van der Waals surface area contributed by atoms with Gasteiger partial charge in [-0.1, -0.05) is 6.92 Å². The molecule has 0 aromatic heterocycles. The maximum absolute atomic E-state index is 5.96. The second kappa shape index (κ2) is 3.90. The van der Waals surface area contributed by atoms with Gasteiger partial charge in [0.05, 0.1) is 12.7 Å². The normalized spacial score (nSPS) is 49.5. The molecule has 3 aliphatic heterocycles. The first-order valence-electron chi connectivity index (χ1n) is 6.60. The summed E-state index contributed by atoms with van der Waals surface area (Å²) >= 11 is 0. The van der Waals surface area contributed by atoms with Crippen LogP contribution in [0.4, 0.5) is 0 Å². The summed E-state index contributed by atoms with van der Waals surface area (Å²) in [4.78, 5) is 0. The van der Waals surface area contributed by atoms with Gasteiger partial charge in [-0.15, -0.1) is 0 Å². The number of fused-ring (bicyclic) bond motifs is 1. The predicted octanol–water partition coefficient (Wildman–Crippen LogP) is 1.65. The third-order valence-corrected chi connectivity index (χ3v) is 3.81. The molecule has 0 amide bonds. The van der Waals surface area contributed by atoms with Gasteiger partial charge in [0.25, 0.3) is 0 Å². The van der Waals surface area contributed by atoms with Crippen molar-refractivity contribution in [3.63, 3.8) is 0 Å². The van der Waals surface area contributed by atoms with Gasteiger partial charge in [0.2, 0.25) is 0 Å². The Balaban J connectivity index is 1.68. The Bertz CT molecular complexity index is 340. The van der Waals surface area contributed by atoms with E-state index in [1.165, 1.54) is 0 Å². The number of rotatable bonds is 1. The molecule has 3 aliphatic rings. The van der Waals surface area contributed by atoms with E-state index in [9.17, 15) is 0 Å². The van der Waals surface area contributed by atoms with Gasteiger partial charge in [0.1, 0.15) is 12.2 Å². The van der Waals surface area contributed by atoms with Crippen molar-refractivity contribution in [3.8, 4) is 0 Å². The Morgan fingerprint density at radius 3 is 2.17 bits per heavy atom. The molecule has 104 valence electrons. The highest BCUT2D eigenvalue weighted by Gasteiger charge is 2.56. The van der Waals surface area contributed by atoms with E-state index in [0.717, 1.165) is 0 Å². The minimum Gasteiger partial charge on any atom is -0.348 e. The van der Waals surface area contributed by atoms with E-state index in [0.29, 0.717) is 6.61 Å². The maximum Gasteiger partial charge on any atom is 0.187 e. The molecule has 0 N–H and O–H groups in total. The number of hydrogen-bond donors (Lipinski definition) is 0. The maximum atomic E-state index is 5.96. The van der Waals surface area contributed by atoms with Crippen molar-refractivity contribution in [2.75, 3.05) is 6.61 Å². The monoisotopic (exact) mass is 258 g/mol. The van der Waals surface area contributed by atoms with Crippen molar-refractivity contribution in [1.29, 1.82) is 0 Å². The zero-order valence-corrected chi connectivity index (χ0v) is 11.6. The Hall–Kier alpha value is -0.200. The van der Waals surface area contributed by atoms with E-state index in [-0.39, 0.29) is 30.5 Å². The van der Waals surface area contributed by atoms with Gasteiger partial charge in [0.15, 0.2) is 17.9 Å². The molecule has 0 saturated carbocycles. The SMILES string of the molecule is C[C@H]1C2OC(C)(C)OC2O[C@@H]1C1COC(C)(C)O1. The first-order chi connectivity index (χ1) is 8.27. The van der Waals surface area contributed by atoms with Gasteiger partial charge in [-0.05, 0) is 27.7 Å². The van der Waals surface area contributed by atoms with Crippen LogP contribution in [-0.2, 0) is 23.7 Å². The van der Waals surface area contributed by atoms with Crippen LogP contribution in [0.3, 0.4) is 0 Å². The van der Waals surface area contributed by atoms with Gasteiger partial charge in [0, 0.05) is 5.92 Å². The van der Waals surface area contributed by atoms with Crippen LogP contribution in [0.5, 0.6) is 0 Å². The lowest BCUT2D eigenvalue weighted by atomic mass is 9.97. The van der Waals surface area contributed by atoms with Gasteiger partial charge >= 0.3 is 0 Å². The predicted molar refractivity (Wildman–Crippen MR) is 62.8 cm³/mol. The van der Waals surface area contributed by atoms with Gasteiger partial charge in [-0.2, -0.15) is 0 Å². The summed E-state index contributed by atoms with van der Waals surface area (Å²) in [6.07, 6.45) is -0.376. The van der Waals surface area contributed by atoms with Crippen LogP contribution < -0.4 is 0 Å². The van der Waals surface area contributed by atoms with E-state index in [2.05, 4.69) is 6.92 Å². The summed E-state index contributed by atoms with van der Waals surface area (Å²) in [5, 5.41) is 0. The molecule has 3 unspecified atom stereocenters. The lowest BCUT2D eigenvalue weighted by Crippen LogP contribution is -2.37. The summed E-state index contributed by atoms with van der Waals surface area (Å²) in [5.41, 5.74) is 0. The second-order valence-electron chi connectivity index (χ2n) is 6.30. The highest BCUT2D eigenvalue weighted by atomic mass is 16.8. The quantitative estimate of drug-likeness (QED) is 0.715. The molecule has 5 nitrogen and oxygen atoms in total. The average Bonchev–Trinajstić information content (AvgIpc) is 2.81. The minimum absolute atomic E-state index is 0.0164. The van der Waals surface area contributed by atoms with Crippen LogP contribution in [0.25, 0.3) is 0 Å². The summed E-state index contributed by atoms with van der Waals surface area (Å²) in [7, 11) is 0. The fourth-order valence-corrected chi connectivity index (χ4v) is 2.99. The van der Waals surface area contributed by atoms with E-state index >= 15 is 0 Å². The number of hydrogen-bond acceptors (Lipinski definition) is 5. The van der Waals surface area contributed by atoms with Gasteiger partial charge in [-0.3, -0.25) is 0 Å². The Morgan fingerprint density at radius 1 is 0.889 bits per heavy atom. The Kier molecular flexibility index (Phi) is 2.78. The van der Waals surface area contributed by atoms with Crippen molar-refractivity contribution in [3.05, 3.63) is 0 Å². The molecular weight excluding hydrogens is 236 g/mol. The lowest BCUT2D eigenvalue weighted by Gasteiger charge is -2.27. The van der Waals surface area contributed by atoms with Crippen molar-refractivity contribution in [1.82, 2.24) is 0 Å². The van der Waals surface area contributed by atoms with Crippen LogP contribution in [0.15, 0.2) is 0 Å². The fourth-order valence-electron chi connectivity index (χ4n) is 2.99. The van der Waals surface area contributed by atoms with Gasteiger partial charge < -0.3 is 23.7 Å². The topological polar surface area (TPSA) is 46.2 Å². The zero-order valence-electron chi connectivity index (χ0n) is 11.6. The van der Waals surface area contributed by atoms with Crippen molar-refractivity contribution in [2.45, 2.75) is 70.8 Å². The van der Waals surface area contributed by atoms with E-state index in [4.69, 9.17) is 23.7 Å². The molecule has 0 bridgehead atoms.